The molecule has 8 heteroatoms. The second-order valence-electron chi connectivity index (χ2n) is 5.99. The minimum Gasteiger partial charge on any atom is -0.434 e. The summed E-state index contributed by atoms with van der Waals surface area (Å²) < 4.78 is 51.9. The summed E-state index contributed by atoms with van der Waals surface area (Å²) >= 11 is 3.19. The molecule has 0 fully saturated rings. The Kier molecular flexibility index (Phi) is 4.40. The van der Waals surface area contributed by atoms with Crippen molar-refractivity contribution >= 4 is 27.0 Å². The molecule has 4 rings (SSSR count). The average molecular weight is 427 g/mol. The van der Waals surface area contributed by atoms with Crippen LogP contribution < -0.4 is 4.74 Å². The molecule has 2 atom stereocenters. The highest BCUT2D eigenvalue weighted by molar-refractivity contribution is 9.10. The SMILES string of the molecule is CO[C@H]1CC(c2ccccc2OC(F)F)n2c1nc1cc(F)c(Br)cc12. The van der Waals surface area contributed by atoms with Crippen molar-refractivity contribution in [2.45, 2.75) is 25.2 Å². The van der Waals surface area contributed by atoms with Gasteiger partial charge in [0.1, 0.15) is 23.5 Å². The smallest absolute Gasteiger partial charge is 0.387 e. The van der Waals surface area contributed by atoms with E-state index in [1.54, 1.807) is 31.4 Å². The Labute approximate surface area is 155 Å². The van der Waals surface area contributed by atoms with E-state index in [0.717, 1.165) is 0 Å². The van der Waals surface area contributed by atoms with Crippen molar-refractivity contribution < 1.29 is 22.6 Å². The Morgan fingerprint density at radius 3 is 2.77 bits per heavy atom. The highest BCUT2D eigenvalue weighted by Crippen LogP contribution is 2.45. The number of methoxy groups -OCH3 is 1. The molecular formula is C18H14BrF3N2O2. The van der Waals surface area contributed by atoms with Crippen molar-refractivity contribution in [3.8, 4) is 5.75 Å². The van der Waals surface area contributed by atoms with Gasteiger partial charge in [0.25, 0.3) is 0 Å². The van der Waals surface area contributed by atoms with Crippen LogP contribution in [0.25, 0.3) is 11.0 Å². The van der Waals surface area contributed by atoms with E-state index in [9.17, 15) is 13.2 Å². The van der Waals surface area contributed by atoms with Crippen LogP contribution in [0, 0.1) is 5.82 Å². The number of alkyl halides is 2. The van der Waals surface area contributed by atoms with E-state index in [-0.39, 0.29) is 17.9 Å². The minimum atomic E-state index is -2.92. The standard InChI is InChI=1S/C18H14BrF3N2O2/c1-25-16-8-13(9-4-2-3-5-15(9)26-18(21)22)24-14-6-10(19)11(20)7-12(14)23-17(16)24/h2-7,13,16,18H,8H2,1H3/t13?,16-/m0/s1. The topological polar surface area (TPSA) is 36.3 Å². The molecule has 26 heavy (non-hydrogen) atoms. The van der Waals surface area contributed by atoms with Crippen LogP contribution in [-0.4, -0.2) is 23.3 Å². The number of hydrogen-bond acceptors (Lipinski definition) is 3. The number of hydrogen-bond donors (Lipinski definition) is 0. The molecule has 1 aromatic heterocycles. The van der Waals surface area contributed by atoms with E-state index < -0.39 is 12.4 Å². The van der Waals surface area contributed by atoms with Crippen LogP contribution in [0.4, 0.5) is 13.2 Å². The highest BCUT2D eigenvalue weighted by Gasteiger charge is 2.37. The van der Waals surface area contributed by atoms with Gasteiger partial charge in [-0.2, -0.15) is 8.78 Å². The number of para-hydroxylation sites is 1. The Morgan fingerprint density at radius 2 is 2.04 bits per heavy atom. The molecule has 2 heterocycles. The molecule has 136 valence electrons. The summed E-state index contributed by atoms with van der Waals surface area (Å²) in [5.41, 5.74) is 1.79. The van der Waals surface area contributed by atoms with Crippen molar-refractivity contribution in [2.24, 2.45) is 0 Å². The van der Waals surface area contributed by atoms with Crippen molar-refractivity contribution in [1.29, 1.82) is 0 Å². The van der Waals surface area contributed by atoms with Gasteiger partial charge in [-0.15, -0.1) is 0 Å². The average Bonchev–Trinajstić information content (AvgIpc) is 3.12. The van der Waals surface area contributed by atoms with E-state index in [1.807, 2.05) is 4.57 Å². The van der Waals surface area contributed by atoms with Gasteiger partial charge >= 0.3 is 6.61 Å². The van der Waals surface area contributed by atoms with Crippen molar-refractivity contribution in [2.75, 3.05) is 7.11 Å². The molecule has 0 aliphatic carbocycles. The first-order valence-electron chi connectivity index (χ1n) is 7.93. The van der Waals surface area contributed by atoms with E-state index in [1.165, 1.54) is 12.1 Å². The first kappa shape index (κ1) is 17.4. The Bertz CT molecular complexity index is 976. The molecule has 0 bridgehead atoms. The van der Waals surface area contributed by atoms with Gasteiger partial charge in [0.05, 0.1) is 21.5 Å². The van der Waals surface area contributed by atoms with Gasteiger partial charge in [0, 0.05) is 25.2 Å². The van der Waals surface area contributed by atoms with Crippen molar-refractivity contribution in [1.82, 2.24) is 9.55 Å². The fourth-order valence-electron chi connectivity index (χ4n) is 3.50. The lowest BCUT2D eigenvalue weighted by Crippen LogP contribution is -2.10. The van der Waals surface area contributed by atoms with Gasteiger partial charge in [0.2, 0.25) is 0 Å². The number of benzene rings is 2. The maximum absolute atomic E-state index is 13.9. The van der Waals surface area contributed by atoms with Gasteiger partial charge in [-0.25, -0.2) is 9.37 Å². The molecular weight excluding hydrogens is 413 g/mol. The molecule has 2 aromatic carbocycles. The van der Waals surface area contributed by atoms with Gasteiger partial charge < -0.3 is 14.0 Å². The zero-order valence-electron chi connectivity index (χ0n) is 13.6. The number of aromatic nitrogens is 2. The van der Waals surface area contributed by atoms with Crippen LogP contribution >= 0.6 is 15.9 Å². The van der Waals surface area contributed by atoms with E-state index >= 15 is 0 Å². The molecule has 1 unspecified atom stereocenters. The molecule has 0 saturated carbocycles. The second kappa shape index (κ2) is 6.59. The zero-order chi connectivity index (χ0) is 18.4. The first-order chi connectivity index (χ1) is 12.5. The lowest BCUT2D eigenvalue weighted by Gasteiger charge is -2.19. The van der Waals surface area contributed by atoms with E-state index in [2.05, 4.69) is 20.9 Å². The van der Waals surface area contributed by atoms with Crippen LogP contribution in [0.15, 0.2) is 40.9 Å². The summed E-state index contributed by atoms with van der Waals surface area (Å²) in [6, 6.07) is 9.33. The third-order valence-electron chi connectivity index (χ3n) is 4.57. The van der Waals surface area contributed by atoms with E-state index in [0.29, 0.717) is 33.3 Å². The summed E-state index contributed by atoms with van der Waals surface area (Å²) in [6.45, 7) is -2.92. The van der Waals surface area contributed by atoms with Crippen LogP contribution in [0.3, 0.4) is 0 Å². The molecule has 0 amide bonds. The number of nitrogens with zero attached hydrogens (tertiary/aromatic N) is 2. The van der Waals surface area contributed by atoms with Crippen LogP contribution in [-0.2, 0) is 4.74 Å². The first-order valence-corrected chi connectivity index (χ1v) is 8.72. The third kappa shape index (κ3) is 2.77. The quantitative estimate of drug-likeness (QED) is 0.573. The summed E-state index contributed by atoms with van der Waals surface area (Å²) in [7, 11) is 1.56. The maximum atomic E-state index is 13.9. The fourth-order valence-corrected chi connectivity index (χ4v) is 3.84. The maximum Gasteiger partial charge on any atom is 0.387 e. The van der Waals surface area contributed by atoms with Gasteiger partial charge in [0.15, 0.2) is 0 Å². The third-order valence-corrected chi connectivity index (χ3v) is 5.18. The lowest BCUT2D eigenvalue weighted by atomic mass is 10.0. The van der Waals surface area contributed by atoms with Crippen LogP contribution in [0.2, 0.25) is 0 Å². The van der Waals surface area contributed by atoms with Gasteiger partial charge in [-0.1, -0.05) is 18.2 Å². The fraction of sp³-hybridized carbons (Fsp3) is 0.278. The molecule has 0 spiro atoms. The normalized spacial score (nSPS) is 19.3. The molecule has 0 radical (unpaired) electrons. The monoisotopic (exact) mass is 426 g/mol. The highest BCUT2D eigenvalue weighted by atomic mass is 79.9. The lowest BCUT2D eigenvalue weighted by molar-refractivity contribution is -0.0507. The van der Waals surface area contributed by atoms with Crippen LogP contribution in [0.1, 0.15) is 30.0 Å². The minimum absolute atomic E-state index is 0.109. The number of rotatable bonds is 4. The van der Waals surface area contributed by atoms with Gasteiger partial charge in [-0.05, 0) is 28.1 Å². The molecule has 0 saturated heterocycles. The van der Waals surface area contributed by atoms with Crippen molar-refractivity contribution in [3.63, 3.8) is 0 Å². The molecule has 3 aromatic rings. The molecule has 0 N–H and O–H groups in total. The predicted octanol–water partition coefficient (Wildman–Crippen LogP) is 5.22. The van der Waals surface area contributed by atoms with Crippen molar-refractivity contribution in [3.05, 3.63) is 58.1 Å². The zero-order valence-corrected chi connectivity index (χ0v) is 15.2. The predicted molar refractivity (Wildman–Crippen MR) is 93.0 cm³/mol. The molecule has 1 aliphatic rings. The summed E-state index contributed by atoms with van der Waals surface area (Å²) in [6.07, 6.45) is 0.196. The summed E-state index contributed by atoms with van der Waals surface area (Å²) in [4.78, 5) is 4.50. The molecule has 1 aliphatic heterocycles. The summed E-state index contributed by atoms with van der Waals surface area (Å²) in [5.74, 6) is 0.330. The number of fused-ring (bicyclic) bond motifs is 3. The van der Waals surface area contributed by atoms with E-state index in [4.69, 9.17) is 9.47 Å². The number of halogens is 4. The Hall–Kier alpha value is -2.06. The van der Waals surface area contributed by atoms with Gasteiger partial charge in [-0.3, -0.25) is 0 Å². The number of imidazole rings is 1. The van der Waals surface area contributed by atoms with Crippen LogP contribution in [0.5, 0.6) is 5.75 Å². The second-order valence-corrected chi connectivity index (χ2v) is 6.84. The Morgan fingerprint density at radius 1 is 1.27 bits per heavy atom. The summed E-state index contributed by atoms with van der Waals surface area (Å²) in [5, 5.41) is 0. The molecule has 4 nitrogen and oxygen atoms in total. The Balaban J connectivity index is 1.91. The largest absolute Gasteiger partial charge is 0.434 e. The number of ether oxygens (including phenoxy) is 2.